The van der Waals surface area contributed by atoms with E-state index in [2.05, 4.69) is 42.3 Å². The molecule has 0 aliphatic rings. The minimum atomic E-state index is -4.41. The van der Waals surface area contributed by atoms with Crippen molar-refractivity contribution in [1.29, 1.82) is 0 Å². The Labute approximate surface area is 309 Å². The van der Waals surface area contributed by atoms with Crippen LogP contribution in [0.15, 0.2) is 24.3 Å². The number of carbonyl (C=O) groups is 2. The highest BCUT2D eigenvalue weighted by molar-refractivity contribution is 7.80. The van der Waals surface area contributed by atoms with Crippen LogP contribution in [0.4, 0.5) is 0 Å². The molecule has 2 amide bonds. The van der Waals surface area contributed by atoms with Crippen molar-refractivity contribution in [2.45, 2.75) is 201 Å². The summed E-state index contributed by atoms with van der Waals surface area (Å²) < 4.78 is 30.9. The molecular formula is C41H79NO7S. The van der Waals surface area contributed by atoms with Gasteiger partial charge in [0.2, 0.25) is 10.4 Å². The van der Waals surface area contributed by atoms with Gasteiger partial charge < -0.3 is 9.66 Å². The summed E-state index contributed by atoms with van der Waals surface area (Å²) in [6, 6.07) is 0. The summed E-state index contributed by atoms with van der Waals surface area (Å²) >= 11 is 0. The number of imide groups is 1. The maximum atomic E-state index is 13.2. The summed E-state index contributed by atoms with van der Waals surface area (Å²) in [6.45, 7) is 7.01. The molecule has 0 bridgehead atoms. The van der Waals surface area contributed by atoms with Crippen LogP contribution in [0.5, 0.6) is 0 Å². The van der Waals surface area contributed by atoms with Gasteiger partial charge in [-0.2, -0.15) is 4.48 Å². The van der Waals surface area contributed by atoms with Crippen molar-refractivity contribution in [1.82, 2.24) is 0 Å². The maximum Gasteiger partial charge on any atom is 0.321 e. The summed E-state index contributed by atoms with van der Waals surface area (Å²) in [6.07, 6.45) is 42.3. The van der Waals surface area contributed by atoms with Gasteiger partial charge in [0.25, 0.3) is 0 Å². The summed E-state index contributed by atoms with van der Waals surface area (Å²) in [7, 11) is -3.60. The maximum absolute atomic E-state index is 13.2. The number of aliphatic hydroxyl groups excluding tert-OH is 1. The van der Waals surface area contributed by atoms with Gasteiger partial charge in [-0.15, -0.1) is 0 Å². The average molecular weight is 730 g/mol. The van der Waals surface area contributed by atoms with Crippen LogP contribution in [0, 0.1) is 0 Å². The molecule has 0 aliphatic heterocycles. The molecule has 0 spiro atoms. The lowest BCUT2D eigenvalue weighted by Crippen LogP contribution is -2.58. The van der Waals surface area contributed by atoms with E-state index in [9.17, 15) is 27.7 Å². The van der Waals surface area contributed by atoms with Crippen molar-refractivity contribution in [3.8, 4) is 0 Å². The quantitative estimate of drug-likeness (QED) is 0.0230. The predicted octanol–water partition coefficient (Wildman–Crippen LogP) is 11.0. The van der Waals surface area contributed by atoms with Gasteiger partial charge in [0.1, 0.15) is 6.54 Å². The average Bonchev–Trinajstić information content (AvgIpc) is 3.10. The number of hydrogen-bond acceptors (Lipinski definition) is 7. The molecule has 0 saturated carbocycles. The summed E-state index contributed by atoms with van der Waals surface area (Å²) in [4.78, 5) is 26.5. The van der Waals surface area contributed by atoms with Crippen LogP contribution in [0.2, 0.25) is 0 Å². The molecule has 0 aromatic heterocycles. The number of quaternary nitrogens is 1. The number of carbonyl (C=O) groups excluding carboxylic acids is 2. The topological polar surface area (TPSA) is 121 Å². The number of unbranched alkanes of at least 4 members (excludes halogenated alkanes) is 22. The second-order valence-electron chi connectivity index (χ2n) is 13.8. The van der Waals surface area contributed by atoms with E-state index in [0.29, 0.717) is 19.4 Å². The molecule has 0 radical (unpaired) electrons. The van der Waals surface area contributed by atoms with Gasteiger partial charge in [0.05, 0.1) is 33.1 Å². The molecule has 8 nitrogen and oxygen atoms in total. The second-order valence-corrected chi connectivity index (χ2v) is 14.9. The molecule has 0 heterocycles. The molecular weight excluding hydrogens is 651 g/mol. The molecule has 0 unspecified atom stereocenters. The molecule has 0 fully saturated rings. The van der Waals surface area contributed by atoms with E-state index in [0.717, 1.165) is 58.5 Å². The zero-order chi connectivity index (χ0) is 37.6. The van der Waals surface area contributed by atoms with Crippen molar-refractivity contribution < 1.29 is 36.3 Å². The number of nitrogens with zero attached hydrogens (tertiary/aromatic N) is 1. The molecule has 9 heteroatoms. The van der Waals surface area contributed by atoms with Crippen molar-refractivity contribution in [3.05, 3.63) is 24.3 Å². The van der Waals surface area contributed by atoms with E-state index < -0.39 is 10.4 Å². The van der Waals surface area contributed by atoms with Gasteiger partial charge in [-0.3, -0.25) is 4.18 Å². The van der Waals surface area contributed by atoms with Crippen molar-refractivity contribution in [3.63, 3.8) is 0 Å². The first kappa shape index (κ1) is 50.7. The lowest BCUT2D eigenvalue weighted by Gasteiger charge is -2.32. The van der Waals surface area contributed by atoms with Crippen molar-refractivity contribution in [2.24, 2.45) is 0 Å². The third-order valence-corrected chi connectivity index (χ3v) is 9.89. The first-order valence-electron chi connectivity index (χ1n) is 20.5. The number of likely N-dealkylation sites (N-methyl/N-ethyl adjacent to an activating group) is 1. The standard InChI is InChI=1S/C40H76NO3.CH4O4S/c1-4-7-9-11-13-15-17-19-21-23-25-27-29-31-33-35-39(43)41(6-3,37-38-42)40(44)36-34-32-30-28-26-24-22-20-18-16-14-12-10-8-5-2;1-5-6(2,3)4/h19-22,42H,4-18,23-38H2,1-3H3;1H3,(H,2,3,4)/q+1;/p-1/b21-19-,22-20-;. The molecule has 1 N–H and O–H groups in total. The molecule has 0 rings (SSSR count). The minimum Gasteiger partial charge on any atom is -0.726 e. The van der Waals surface area contributed by atoms with Crippen LogP contribution in [0.25, 0.3) is 0 Å². The van der Waals surface area contributed by atoms with Gasteiger partial charge in [0, 0.05) is 0 Å². The monoisotopic (exact) mass is 730 g/mol. The van der Waals surface area contributed by atoms with Gasteiger partial charge in [-0.1, -0.05) is 141 Å². The fourth-order valence-electron chi connectivity index (χ4n) is 6.19. The third kappa shape index (κ3) is 32.5. The van der Waals surface area contributed by atoms with Crippen LogP contribution >= 0.6 is 0 Å². The summed E-state index contributed by atoms with van der Waals surface area (Å²) in [5, 5.41) is 9.71. The Bertz CT molecular complexity index is 881. The van der Waals surface area contributed by atoms with Gasteiger partial charge in [-0.25, -0.2) is 18.0 Å². The highest BCUT2D eigenvalue weighted by atomic mass is 32.3. The van der Waals surface area contributed by atoms with Crippen molar-refractivity contribution >= 4 is 22.2 Å². The van der Waals surface area contributed by atoms with Crippen LogP contribution in [0.3, 0.4) is 0 Å². The lowest BCUT2D eigenvalue weighted by molar-refractivity contribution is -0.778. The fourth-order valence-corrected chi connectivity index (χ4v) is 6.19. The highest BCUT2D eigenvalue weighted by Gasteiger charge is 2.41. The highest BCUT2D eigenvalue weighted by Crippen LogP contribution is 2.19. The Kier molecular flexibility index (Phi) is 37.9. The molecule has 0 atom stereocenters. The smallest absolute Gasteiger partial charge is 0.321 e. The number of amides is 2. The molecule has 0 aromatic carbocycles. The second kappa shape index (κ2) is 37.4. The zero-order valence-electron chi connectivity index (χ0n) is 33.0. The van der Waals surface area contributed by atoms with E-state index >= 15 is 0 Å². The Morgan fingerprint density at radius 2 is 0.840 bits per heavy atom. The largest absolute Gasteiger partial charge is 0.726 e. The van der Waals surface area contributed by atoms with Crippen LogP contribution in [-0.4, -0.2) is 61.2 Å². The Balaban J connectivity index is 0. The van der Waals surface area contributed by atoms with Crippen molar-refractivity contribution in [2.75, 3.05) is 26.8 Å². The normalized spacial score (nSPS) is 12.1. The van der Waals surface area contributed by atoms with E-state index in [1.807, 2.05) is 6.92 Å². The number of rotatable bonds is 34. The van der Waals surface area contributed by atoms with Gasteiger partial charge in [-0.05, 0) is 71.1 Å². The number of aliphatic hydroxyl groups is 1. The third-order valence-electron chi connectivity index (χ3n) is 9.49. The van der Waals surface area contributed by atoms with Crippen LogP contribution in [-0.2, 0) is 24.2 Å². The number of hydrogen-bond donors (Lipinski definition) is 1. The van der Waals surface area contributed by atoms with Gasteiger partial charge >= 0.3 is 11.8 Å². The molecule has 0 saturated heterocycles. The minimum absolute atomic E-state index is 0.0110. The Morgan fingerprint density at radius 1 is 0.560 bits per heavy atom. The van der Waals surface area contributed by atoms with E-state index in [1.165, 1.54) is 116 Å². The lowest BCUT2D eigenvalue weighted by atomic mass is 10.1. The predicted molar refractivity (Wildman–Crippen MR) is 208 cm³/mol. The SMILES string of the molecule is CCCCCCCC/C=C\CCCCCCCC(=O)[N+](CC)(CCO)C(=O)CCCCCCC/C=C\CCCCCCCC.COS(=O)(=O)[O-]. The zero-order valence-corrected chi connectivity index (χ0v) is 33.8. The van der Waals surface area contributed by atoms with E-state index in [4.69, 9.17) is 0 Å². The Hall–Kier alpha value is -1.39. The molecule has 296 valence electrons. The van der Waals surface area contributed by atoms with Crippen LogP contribution < -0.4 is 0 Å². The molecule has 0 aromatic rings. The van der Waals surface area contributed by atoms with E-state index in [1.54, 1.807) is 0 Å². The molecule has 50 heavy (non-hydrogen) atoms. The first-order valence-corrected chi connectivity index (χ1v) is 21.8. The summed E-state index contributed by atoms with van der Waals surface area (Å²) in [5.41, 5.74) is 0. The fraction of sp³-hybridized carbons (Fsp3) is 0.854. The number of allylic oxidation sites excluding steroid dienone is 4. The Morgan fingerprint density at radius 3 is 1.10 bits per heavy atom. The van der Waals surface area contributed by atoms with E-state index in [-0.39, 0.29) is 29.4 Å². The molecule has 0 aliphatic carbocycles. The van der Waals surface area contributed by atoms with Crippen LogP contribution in [0.1, 0.15) is 201 Å². The summed E-state index contributed by atoms with van der Waals surface area (Å²) in [5.74, 6) is 0.0221. The van der Waals surface area contributed by atoms with Gasteiger partial charge in [0.15, 0.2) is 0 Å². The first-order chi connectivity index (χ1) is 24.1.